The van der Waals surface area contributed by atoms with Gasteiger partial charge < -0.3 is 95.7 Å². The molecule has 732 valence electrons. The highest BCUT2D eigenvalue weighted by Gasteiger charge is 2.22. The molecular formula is C108H99Cl2FN6O25. The van der Waals surface area contributed by atoms with Crippen molar-refractivity contribution < 1.29 is 126 Å². The van der Waals surface area contributed by atoms with Gasteiger partial charge in [-0.2, -0.15) is 0 Å². The zero-order chi connectivity index (χ0) is 104. The van der Waals surface area contributed by atoms with Crippen molar-refractivity contribution in [2.24, 2.45) is 0 Å². The summed E-state index contributed by atoms with van der Waals surface area (Å²) in [6, 6.07) is 75.2. The highest BCUT2D eigenvalue weighted by Crippen LogP contribution is 2.31. The molecule has 0 aliphatic carbocycles. The third kappa shape index (κ3) is 36.8. The lowest BCUT2D eigenvalue weighted by molar-refractivity contribution is -0.131. The van der Waals surface area contributed by atoms with E-state index in [1.165, 1.54) is 80.1 Å². The number of amides is 6. The lowest BCUT2D eigenvalue weighted by Crippen LogP contribution is -2.21. The summed E-state index contributed by atoms with van der Waals surface area (Å²) in [6.45, 7) is 7.37. The number of hydrogen-bond donors (Lipinski definition) is 12. The molecule has 12 rings (SSSR count). The average Bonchev–Trinajstić information content (AvgIpc) is 0.830. The molecule has 0 unspecified atom stereocenters. The Hall–Kier alpha value is -18.2. The van der Waals surface area contributed by atoms with Crippen LogP contribution in [-0.2, 0) is 64.0 Å². The van der Waals surface area contributed by atoms with Crippen LogP contribution in [0, 0.1) is 26.6 Å². The molecule has 0 aliphatic rings. The summed E-state index contributed by atoms with van der Waals surface area (Å²) in [7, 11) is 10.4. The van der Waals surface area contributed by atoms with E-state index >= 15 is 0 Å². The van der Waals surface area contributed by atoms with E-state index in [0.29, 0.717) is 118 Å². The molecule has 0 aromatic heterocycles. The second-order valence-electron chi connectivity index (χ2n) is 29.6. The summed E-state index contributed by atoms with van der Waals surface area (Å²) in [4.78, 5) is 143. The number of aliphatic hydroxyl groups excluding tert-OH is 6. The molecule has 12 aromatic rings. The first-order chi connectivity index (χ1) is 67.8. The Morgan fingerprint density at radius 2 is 0.556 bits per heavy atom. The molecule has 142 heavy (non-hydrogen) atoms. The van der Waals surface area contributed by atoms with Gasteiger partial charge in [0.05, 0.1) is 55.3 Å². The van der Waals surface area contributed by atoms with Crippen molar-refractivity contribution in [3.63, 3.8) is 0 Å². The number of nitrogens with one attached hydrogen (secondary N) is 6. The van der Waals surface area contributed by atoms with Gasteiger partial charge in [-0.3, -0.25) is 57.5 Å². The maximum atomic E-state index is 13.2. The second-order valence-corrected chi connectivity index (χ2v) is 30.5. The molecule has 34 heteroatoms. The highest BCUT2D eigenvalue weighted by molar-refractivity contribution is 6.48. The largest absolute Gasteiger partial charge is 0.507 e. The SMILES string of the molecule is CCc1ccc(NC(=O)C(=O)C=C(O)c2cccc(OC)c2)cc1.COc1ccc(OC)c(C(O)=CC(=O)C(=O)Nc2cccc(C)c2)c1.COc1cccc(C(O)=CC(=O)C(=O)Nc2ccc(C)cc2)c1.COc1cccc(C(O)=CC(=O)C(=O)Nc2ccc(F)c(C)c2)c1.COc1cccc(NC(=O)C(=O)C=C(O)c2ccc(Cl)cc2)c1.COc1cccc(NC(=O)C(=O)C=C(O)c2ccc(Cl)cc2)c1. The Morgan fingerprint density at radius 1 is 0.275 bits per heavy atom. The van der Waals surface area contributed by atoms with E-state index in [9.17, 15) is 92.6 Å². The predicted octanol–water partition coefficient (Wildman–Crippen LogP) is 19.8. The first-order valence-electron chi connectivity index (χ1n) is 42.4. The van der Waals surface area contributed by atoms with E-state index in [4.69, 9.17) is 56.4 Å². The van der Waals surface area contributed by atoms with Gasteiger partial charge in [0.25, 0.3) is 35.4 Å². The molecule has 0 aliphatic heterocycles. The number of aryl methyl sites for hydroxylation is 4. The molecule has 12 N–H and O–H groups in total. The summed E-state index contributed by atoms with van der Waals surface area (Å²) in [5.41, 5.74) is 8.29. The van der Waals surface area contributed by atoms with Crippen molar-refractivity contribution in [3.8, 4) is 40.2 Å². The van der Waals surface area contributed by atoms with Crippen molar-refractivity contribution in [3.05, 3.63) is 387 Å². The van der Waals surface area contributed by atoms with Gasteiger partial charge in [-0.05, 0) is 226 Å². The van der Waals surface area contributed by atoms with E-state index < -0.39 is 76.0 Å². The molecule has 0 spiro atoms. The van der Waals surface area contributed by atoms with Crippen LogP contribution in [0.3, 0.4) is 0 Å². The molecule has 12 aromatic carbocycles. The van der Waals surface area contributed by atoms with Crippen LogP contribution in [-0.4, -0.2) is 151 Å². The fourth-order valence-electron chi connectivity index (χ4n) is 11.7. The van der Waals surface area contributed by atoms with Crippen LogP contribution < -0.4 is 65.1 Å². The Bertz CT molecular complexity index is 6610. The van der Waals surface area contributed by atoms with Crippen molar-refractivity contribution in [2.45, 2.75) is 34.1 Å². The maximum absolute atomic E-state index is 13.2. The summed E-state index contributed by atoms with van der Waals surface area (Å²) >= 11 is 11.5. The fraction of sp³-hybridized carbons (Fsp3) is 0.111. The van der Waals surface area contributed by atoms with Crippen LogP contribution in [0.2, 0.25) is 10.0 Å². The molecule has 0 fully saturated rings. The van der Waals surface area contributed by atoms with Crippen molar-refractivity contribution in [1.82, 2.24) is 0 Å². The van der Waals surface area contributed by atoms with Crippen LogP contribution in [0.4, 0.5) is 38.5 Å². The first-order valence-corrected chi connectivity index (χ1v) is 43.1. The van der Waals surface area contributed by atoms with Crippen LogP contribution in [0.15, 0.2) is 316 Å². The number of ether oxygens (including phenoxy) is 7. The van der Waals surface area contributed by atoms with E-state index in [1.807, 2.05) is 51.1 Å². The second kappa shape index (κ2) is 56.4. The number of ketones is 6. The highest BCUT2D eigenvalue weighted by atomic mass is 35.5. The zero-order valence-corrected chi connectivity index (χ0v) is 79.8. The quantitative estimate of drug-likeness (QED) is 0.0106. The molecule has 0 radical (unpaired) electrons. The lowest BCUT2D eigenvalue weighted by atomic mass is 10.1. The zero-order valence-electron chi connectivity index (χ0n) is 78.3. The molecule has 0 saturated carbocycles. The van der Waals surface area contributed by atoms with E-state index in [2.05, 4.69) is 31.9 Å². The van der Waals surface area contributed by atoms with E-state index in [0.717, 1.165) is 59.6 Å². The Balaban J connectivity index is 0.000000231. The average molecular weight is 1970 g/mol. The number of carbonyl (C=O) groups excluding carboxylic acids is 12. The van der Waals surface area contributed by atoms with Gasteiger partial charge >= 0.3 is 0 Å². The minimum atomic E-state index is -0.935. The van der Waals surface area contributed by atoms with Crippen molar-refractivity contribution in [2.75, 3.05) is 81.7 Å². The first kappa shape index (κ1) is 111. The number of rotatable bonds is 32. The smallest absolute Gasteiger partial charge is 0.296 e. The van der Waals surface area contributed by atoms with E-state index in [1.54, 1.807) is 225 Å². The number of carbonyl (C=O) groups is 12. The third-order valence-electron chi connectivity index (χ3n) is 19.3. The minimum absolute atomic E-state index is 0.249. The number of halogens is 3. The Labute approximate surface area is 826 Å². The predicted molar refractivity (Wildman–Crippen MR) is 542 cm³/mol. The van der Waals surface area contributed by atoms with Crippen LogP contribution in [0.5, 0.6) is 40.2 Å². The van der Waals surface area contributed by atoms with Crippen molar-refractivity contribution in [1.29, 1.82) is 0 Å². The fourth-order valence-corrected chi connectivity index (χ4v) is 12.0. The van der Waals surface area contributed by atoms with Gasteiger partial charge in [0.2, 0.25) is 34.7 Å². The van der Waals surface area contributed by atoms with Gasteiger partial charge in [-0.25, -0.2) is 4.39 Å². The molecule has 31 nitrogen and oxygen atoms in total. The lowest BCUT2D eigenvalue weighted by Gasteiger charge is -2.10. The Morgan fingerprint density at radius 3 is 0.880 bits per heavy atom. The monoisotopic (exact) mass is 1970 g/mol. The van der Waals surface area contributed by atoms with Gasteiger partial charge in [-0.1, -0.05) is 121 Å². The molecule has 0 heterocycles. The van der Waals surface area contributed by atoms with Crippen LogP contribution in [0.1, 0.15) is 62.6 Å². The number of anilines is 6. The number of benzene rings is 12. The summed E-state index contributed by atoms with van der Waals surface area (Å²) in [6.07, 6.45) is 6.06. The van der Waals surface area contributed by atoms with Crippen LogP contribution in [0.25, 0.3) is 34.6 Å². The third-order valence-corrected chi connectivity index (χ3v) is 19.8. The number of methoxy groups -OCH3 is 7. The normalized spacial score (nSPS) is 11.0. The molecule has 0 saturated heterocycles. The number of aliphatic hydroxyl groups is 6. The van der Waals surface area contributed by atoms with Crippen LogP contribution >= 0.6 is 23.2 Å². The maximum Gasteiger partial charge on any atom is 0.296 e. The molecule has 0 bridgehead atoms. The van der Waals surface area contributed by atoms with Crippen molar-refractivity contribution >= 4 is 162 Å². The van der Waals surface area contributed by atoms with Gasteiger partial charge in [0, 0.05) is 121 Å². The summed E-state index contributed by atoms with van der Waals surface area (Å²) < 4.78 is 48.6. The molecular weight excluding hydrogens is 1870 g/mol. The minimum Gasteiger partial charge on any atom is -0.507 e. The topological polar surface area (TPSA) is 463 Å². The van der Waals surface area contributed by atoms with Gasteiger partial charge in [-0.15, -0.1) is 0 Å². The summed E-state index contributed by atoms with van der Waals surface area (Å²) in [5, 5.41) is 75.6. The van der Waals surface area contributed by atoms with Gasteiger partial charge in [0.1, 0.15) is 80.6 Å². The molecule has 6 amide bonds. The van der Waals surface area contributed by atoms with Gasteiger partial charge in [0.15, 0.2) is 0 Å². The Kier molecular flexibility index (Phi) is 44.0. The summed E-state index contributed by atoms with van der Waals surface area (Å²) in [5.74, 6) is -9.24. The van der Waals surface area contributed by atoms with E-state index in [-0.39, 0.29) is 40.1 Å². The standard InChI is InChI=1S/C19H19NO5.C19H19NO4.C18H16FNO4.C18H17NO4.2C17H14ClNO4/c1-12-5-4-6-13(9-12)20-19(23)17(22)11-16(21)15-10-14(24-2)7-8-18(15)25-3;1-3-13-7-9-15(10-8-13)20-19(23)18(22)12-17(21)14-5-4-6-16(11-14)24-2;1-11-8-13(6-7-15(11)19)20-18(23)17(22)10-16(21)12-4-3-5-14(9-12)24-2;1-12-6-8-14(9-7-12)19-18(22)17(21)11-16(20)13-4-3-5-15(10-13)23-2;2*1-23-14-4-2-3-13(9-14)19-17(22)16(21)10-15(20)11-5-7-12(18)8-6-11/h4-11,21H,1-3H3,(H,20,23);4-12,21H,3H2,1-2H3,(H,20,23);3-10,21H,1-2H3,(H,20,23);3-11,20H,1-2H3,(H,19,22);2*2-10,20H,1H3,(H,19,22). The number of hydrogen-bond acceptors (Lipinski definition) is 25. The molecule has 0 atom stereocenters.